The fourth-order valence-corrected chi connectivity index (χ4v) is 2.73. The Kier molecular flexibility index (Phi) is 7.93. The van der Waals surface area contributed by atoms with Gasteiger partial charge in [0, 0.05) is 23.0 Å². The zero-order valence-electron chi connectivity index (χ0n) is 16.5. The Labute approximate surface area is 174 Å². The Bertz CT molecular complexity index is 822. The highest BCUT2D eigenvalue weighted by Gasteiger charge is 2.12. The van der Waals surface area contributed by atoms with Crippen molar-refractivity contribution in [3.8, 4) is 0 Å². The molecule has 2 rings (SSSR count). The van der Waals surface area contributed by atoms with Crippen LogP contribution >= 0.6 is 15.9 Å². The van der Waals surface area contributed by atoms with E-state index >= 15 is 0 Å². The summed E-state index contributed by atoms with van der Waals surface area (Å²) in [5, 5.41) is 6.78. The number of benzene rings is 2. The lowest BCUT2D eigenvalue weighted by molar-refractivity contribution is -0.121. The van der Waals surface area contributed by atoms with E-state index in [2.05, 4.69) is 64.7 Å². The highest BCUT2D eigenvalue weighted by molar-refractivity contribution is 9.10. The van der Waals surface area contributed by atoms with Crippen molar-refractivity contribution in [2.45, 2.75) is 45.4 Å². The van der Waals surface area contributed by atoms with Crippen LogP contribution in [0.15, 0.2) is 58.1 Å². The number of hydrogen-bond acceptors (Lipinski definition) is 3. The molecular formula is C22H26BrN3O2. The molecular weight excluding hydrogens is 418 g/mol. The van der Waals surface area contributed by atoms with Gasteiger partial charge in [0.15, 0.2) is 0 Å². The summed E-state index contributed by atoms with van der Waals surface area (Å²) in [6.45, 7) is 6.49. The van der Waals surface area contributed by atoms with E-state index < -0.39 is 0 Å². The van der Waals surface area contributed by atoms with E-state index in [-0.39, 0.29) is 30.1 Å². The number of anilines is 1. The molecule has 0 aliphatic carbocycles. The van der Waals surface area contributed by atoms with Crippen LogP contribution < -0.4 is 10.7 Å². The molecule has 0 spiro atoms. The van der Waals surface area contributed by atoms with Gasteiger partial charge >= 0.3 is 0 Å². The number of nitrogens with zero attached hydrogens (tertiary/aromatic N) is 1. The van der Waals surface area contributed by atoms with Crippen LogP contribution in [0, 0.1) is 0 Å². The maximum absolute atomic E-state index is 11.9. The molecule has 2 amide bonds. The van der Waals surface area contributed by atoms with Crippen LogP contribution in [-0.2, 0) is 15.0 Å². The molecule has 148 valence electrons. The van der Waals surface area contributed by atoms with Crippen molar-refractivity contribution in [3.63, 3.8) is 0 Å². The predicted molar refractivity (Wildman–Crippen MR) is 118 cm³/mol. The van der Waals surface area contributed by atoms with Crippen LogP contribution in [0.1, 0.15) is 51.2 Å². The van der Waals surface area contributed by atoms with Crippen molar-refractivity contribution >= 4 is 39.6 Å². The first kappa shape index (κ1) is 21.8. The van der Waals surface area contributed by atoms with Crippen molar-refractivity contribution in [2.24, 2.45) is 5.10 Å². The first-order valence-corrected chi connectivity index (χ1v) is 10.0. The van der Waals surface area contributed by atoms with Crippen LogP contribution in [0.3, 0.4) is 0 Å². The van der Waals surface area contributed by atoms with Gasteiger partial charge in [0.05, 0.1) is 6.21 Å². The number of carbonyl (C=O) groups is 2. The van der Waals surface area contributed by atoms with E-state index in [0.29, 0.717) is 6.42 Å². The van der Waals surface area contributed by atoms with Crippen molar-refractivity contribution in [1.82, 2.24) is 5.43 Å². The Morgan fingerprint density at radius 1 is 0.964 bits per heavy atom. The van der Waals surface area contributed by atoms with Crippen LogP contribution in [0.5, 0.6) is 0 Å². The normalized spacial score (nSPS) is 11.4. The second-order valence-electron chi connectivity index (χ2n) is 7.57. The average Bonchev–Trinajstić information content (AvgIpc) is 2.63. The number of halogens is 1. The van der Waals surface area contributed by atoms with Gasteiger partial charge in [-0.15, -0.1) is 0 Å². The molecule has 0 aliphatic heterocycles. The molecule has 2 aromatic carbocycles. The fourth-order valence-electron chi connectivity index (χ4n) is 2.47. The summed E-state index contributed by atoms with van der Waals surface area (Å²) in [5.41, 5.74) is 5.50. The van der Waals surface area contributed by atoms with Gasteiger partial charge in [-0.1, -0.05) is 61.0 Å². The van der Waals surface area contributed by atoms with E-state index in [9.17, 15) is 9.59 Å². The molecule has 2 aromatic rings. The van der Waals surface area contributed by atoms with E-state index in [0.717, 1.165) is 15.7 Å². The van der Waals surface area contributed by atoms with Crippen LogP contribution in [0.25, 0.3) is 0 Å². The second-order valence-corrected chi connectivity index (χ2v) is 8.49. The topological polar surface area (TPSA) is 70.6 Å². The number of rotatable bonds is 7. The first-order chi connectivity index (χ1) is 13.2. The van der Waals surface area contributed by atoms with E-state index in [1.807, 2.05) is 36.4 Å². The molecule has 5 nitrogen and oxygen atoms in total. The minimum Gasteiger partial charge on any atom is -0.326 e. The van der Waals surface area contributed by atoms with Gasteiger partial charge in [0.25, 0.3) is 0 Å². The first-order valence-electron chi connectivity index (χ1n) is 9.22. The minimum absolute atomic E-state index is 0.105. The molecule has 28 heavy (non-hydrogen) atoms. The van der Waals surface area contributed by atoms with Gasteiger partial charge in [-0.05, 0) is 47.2 Å². The summed E-state index contributed by atoms with van der Waals surface area (Å²) < 4.78 is 0.952. The lowest BCUT2D eigenvalue weighted by atomic mass is 9.87. The highest BCUT2D eigenvalue weighted by Crippen LogP contribution is 2.21. The number of hydrazone groups is 1. The Morgan fingerprint density at radius 2 is 1.57 bits per heavy atom. The molecule has 0 radical (unpaired) electrons. The summed E-state index contributed by atoms with van der Waals surface area (Å²) >= 11 is 3.35. The molecule has 0 atom stereocenters. The predicted octanol–water partition coefficient (Wildman–Crippen LogP) is 5.01. The van der Waals surface area contributed by atoms with Crippen LogP contribution in [0.4, 0.5) is 5.69 Å². The lowest BCUT2D eigenvalue weighted by Crippen LogP contribution is -2.18. The summed E-state index contributed by atoms with van der Waals surface area (Å²) in [4.78, 5) is 23.7. The number of amides is 2. The monoisotopic (exact) mass is 443 g/mol. The third kappa shape index (κ3) is 7.64. The second kappa shape index (κ2) is 10.2. The third-order valence-electron chi connectivity index (χ3n) is 4.12. The average molecular weight is 444 g/mol. The highest BCUT2D eigenvalue weighted by atomic mass is 79.9. The standard InChI is InChI=1S/C22H26BrN3O2/c1-22(2,3)17-9-7-16(8-10-17)15-24-26-21(28)6-4-5-20(27)25-19-13-11-18(23)12-14-19/h7-15H,4-6H2,1-3H3,(H,25,27)(H,26,28)/b24-15-. The Balaban J connectivity index is 1.68. The van der Waals surface area contributed by atoms with Gasteiger partial charge in [-0.3, -0.25) is 9.59 Å². The fraction of sp³-hybridized carbons (Fsp3) is 0.318. The zero-order chi connectivity index (χ0) is 20.6. The molecule has 0 bridgehead atoms. The molecule has 0 unspecified atom stereocenters. The van der Waals surface area contributed by atoms with Gasteiger partial charge in [0.1, 0.15) is 0 Å². The molecule has 0 aliphatic rings. The van der Waals surface area contributed by atoms with Gasteiger partial charge in [0.2, 0.25) is 11.8 Å². The molecule has 0 saturated heterocycles. The zero-order valence-corrected chi connectivity index (χ0v) is 18.0. The van der Waals surface area contributed by atoms with Gasteiger partial charge in [-0.25, -0.2) is 5.43 Å². The SMILES string of the molecule is CC(C)(C)c1ccc(/C=N\NC(=O)CCCC(=O)Nc2ccc(Br)cc2)cc1. The maximum Gasteiger partial charge on any atom is 0.240 e. The number of carbonyl (C=O) groups excluding carboxylic acids is 2. The smallest absolute Gasteiger partial charge is 0.240 e. The number of hydrogen-bond donors (Lipinski definition) is 2. The van der Waals surface area contributed by atoms with Gasteiger partial charge < -0.3 is 5.32 Å². The van der Waals surface area contributed by atoms with E-state index in [1.165, 1.54) is 5.56 Å². The molecule has 2 N–H and O–H groups in total. The third-order valence-corrected chi connectivity index (χ3v) is 4.64. The summed E-state index contributed by atoms with van der Waals surface area (Å²) in [5.74, 6) is -0.323. The summed E-state index contributed by atoms with van der Waals surface area (Å²) in [7, 11) is 0. The van der Waals surface area contributed by atoms with Crippen LogP contribution in [-0.4, -0.2) is 18.0 Å². The van der Waals surface area contributed by atoms with E-state index in [4.69, 9.17) is 0 Å². The lowest BCUT2D eigenvalue weighted by Gasteiger charge is -2.18. The van der Waals surface area contributed by atoms with Crippen LogP contribution in [0.2, 0.25) is 0 Å². The largest absolute Gasteiger partial charge is 0.326 e. The Morgan fingerprint density at radius 3 is 2.18 bits per heavy atom. The van der Waals surface area contributed by atoms with Crippen molar-refractivity contribution in [1.29, 1.82) is 0 Å². The molecule has 0 fully saturated rings. The molecule has 0 saturated carbocycles. The van der Waals surface area contributed by atoms with Gasteiger partial charge in [-0.2, -0.15) is 5.10 Å². The molecule has 0 heterocycles. The molecule has 0 aromatic heterocycles. The van der Waals surface area contributed by atoms with Crippen molar-refractivity contribution in [2.75, 3.05) is 5.32 Å². The summed E-state index contributed by atoms with van der Waals surface area (Å²) in [6.07, 6.45) is 2.60. The quantitative estimate of drug-likeness (QED) is 0.466. The number of nitrogens with one attached hydrogen (secondary N) is 2. The van der Waals surface area contributed by atoms with E-state index in [1.54, 1.807) is 6.21 Å². The summed E-state index contributed by atoms with van der Waals surface area (Å²) in [6, 6.07) is 15.4. The minimum atomic E-state index is -0.209. The van der Waals surface area contributed by atoms with Crippen molar-refractivity contribution < 1.29 is 9.59 Å². The molecule has 6 heteroatoms. The Hall–Kier alpha value is -2.47. The maximum atomic E-state index is 11.9. The van der Waals surface area contributed by atoms with Crippen molar-refractivity contribution in [3.05, 3.63) is 64.1 Å².